The average Bonchev–Trinajstić information content (AvgIpc) is 2.86. The minimum atomic E-state index is -0.694. The summed E-state index contributed by atoms with van der Waals surface area (Å²) in [6, 6.07) is 3.61. The summed E-state index contributed by atoms with van der Waals surface area (Å²) in [6.07, 6.45) is 0.346. The quantitative estimate of drug-likeness (QED) is 0.733. The molecule has 0 spiro atoms. The Bertz CT molecular complexity index is 490. The summed E-state index contributed by atoms with van der Waals surface area (Å²) in [5.41, 5.74) is 6.15. The van der Waals surface area contributed by atoms with Crippen molar-refractivity contribution in [1.82, 2.24) is 5.32 Å². The zero-order valence-corrected chi connectivity index (χ0v) is 11.8. The van der Waals surface area contributed by atoms with Crippen LogP contribution in [-0.2, 0) is 11.3 Å². The molecule has 110 valence electrons. The number of carbonyl (C=O) groups excluding carboxylic acids is 1. The van der Waals surface area contributed by atoms with Gasteiger partial charge in [0.15, 0.2) is 17.6 Å². The molecular weight excluding hydrogens is 260 g/mol. The molecule has 3 N–H and O–H groups in total. The SMILES string of the molecule is CCCNCc1cc2c(cc1OC(C)C(N)=O)OCO2. The first-order chi connectivity index (χ1) is 9.61. The summed E-state index contributed by atoms with van der Waals surface area (Å²) >= 11 is 0. The lowest BCUT2D eigenvalue weighted by Gasteiger charge is -2.16. The molecule has 2 rings (SSSR count). The molecule has 0 saturated carbocycles. The average molecular weight is 280 g/mol. The van der Waals surface area contributed by atoms with Crippen molar-refractivity contribution in [1.29, 1.82) is 0 Å². The van der Waals surface area contributed by atoms with Gasteiger partial charge in [-0.1, -0.05) is 6.92 Å². The molecule has 1 aromatic rings. The molecule has 1 aliphatic heterocycles. The van der Waals surface area contributed by atoms with Crippen LogP contribution in [0.5, 0.6) is 17.2 Å². The van der Waals surface area contributed by atoms with Crippen LogP contribution in [0, 0.1) is 0 Å². The highest BCUT2D eigenvalue weighted by Crippen LogP contribution is 2.38. The van der Waals surface area contributed by atoms with Crippen molar-refractivity contribution in [2.75, 3.05) is 13.3 Å². The van der Waals surface area contributed by atoms with Gasteiger partial charge < -0.3 is 25.3 Å². The molecule has 1 aliphatic rings. The molecule has 0 aliphatic carbocycles. The Kier molecular flexibility index (Phi) is 4.68. The number of nitrogens with one attached hydrogen (secondary N) is 1. The van der Waals surface area contributed by atoms with E-state index in [1.54, 1.807) is 13.0 Å². The molecule has 20 heavy (non-hydrogen) atoms. The zero-order valence-electron chi connectivity index (χ0n) is 11.8. The van der Waals surface area contributed by atoms with Gasteiger partial charge in [-0.05, 0) is 26.0 Å². The molecule has 1 atom stereocenters. The Morgan fingerprint density at radius 1 is 1.45 bits per heavy atom. The van der Waals surface area contributed by atoms with Crippen molar-refractivity contribution in [2.24, 2.45) is 5.73 Å². The summed E-state index contributed by atoms with van der Waals surface area (Å²) in [7, 11) is 0. The number of hydrogen-bond acceptors (Lipinski definition) is 5. The first kappa shape index (κ1) is 14.5. The van der Waals surface area contributed by atoms with Gasteiger partial charge in [0.05, 0.1) is 0 Å². The van der Waals surface area contributed by atoms with E-state index in [0.29, 0.717) is 23.8 Å². The summed E-state index contributed by atoms with van der Waals surface area (Å²) in [4.78, 5) is 11.1. The van der Waals surface area contributed by atoms with E-state index in [0.717, 1.165) is 18.5 Å². The third-order valence-electron chi connectivity index (χ3n) is 3.00. The first-order valence-corrected chi connectivity index (χ1v) is 6.71. The molecule has 1 heterocycles. The molecule has 0 bridgehead atoms. The second-order valence-electron chi connectivity index (χ2n) is 4.65. The van der Waals surface area contributed by atoms with Crippen molar-refractivity contribution in [3.63, 3.8) is 0 Å². The Labute approximate surface area is 118 Å². The van der Waals surface area contributed by atoms with Gasteiger partial charge in [-0.3, -0.25) is 4.79 Å². The highest BCUT2D eigenvalue weighted by atomic mass is 16.7. The molecule has 0 fully saturated rings. The van der Waals surface area contributed by atoms with Gasteiger partial charge in [0, 0.05) is 18.2 Å². The Morgan fingerprint density at radius 3 is 2.80 bits per heavy atom. The molecule has 1 unspecified atom stereocenters. The Balaban J connectivity index is 2.19. The zero-order chi connectivity index (χ0) is 14.5. The van der Waals surface area contributed by atoms with Crippen molar-refractivity contribution in [2.45, 2.75) is 32.9 Å². The number of fused-ring (bicyclic) bond motifs is 1. The number of carbonyl (C=O) groups is 1. The molecule has 1 aromatic carbocycles. The van der Waals surface area contributed by atoms with Gasteiger partial charge in [0.25, 0.3) is 5.91 Å². The van der Waals surface area contributed by atoms with Gasteiger partial charge in [0.1, 0.15) is 5.75 Å². The fourth-order valence-electron chi connectivity index (χ4n) is 1.86. The van der Waals surface area contributed by atoms with E-state index in [4.69, 9.17) is 19.9 Å². The summed E-state index contributed by atoms with van der Waals surface area (Å²) in [6.45, 7) is 5.45. The topological polar surface area (TPSA) is 82.8 Å². The number of benzene rings is 1. The largest absolute Gasteiger partial charge is 0.480 e. The maximum Gasteiger partial charge on any atom is 0.258 e. The van der Waals surface area contributed by atoms with Crippen LogP contribution in [0.4, 0.5) is 0 Å². The van der Waals surface area contributed by atoms with Crippen molar-refractivity contribution in [3.8, 4) is 17.2 Å². The monoisotopic (exact) mass is 280 g/mol. The summed E-state index contributed by atoms with van der Waals surface area (Å²) < 4.78 is 16.3. The fourth-order valence-corrected chi connectivity index (χ4v) is 1.86. The lowest BCUT2D eigenvalue weighted by atomic mass is 10.1. The van der Waals surface area contributed by atoms with Gasteiger partial charge in [-0.15, -0.1) is 0 Å². The number of hydrogen-bond donors (Lipinski definition) is 2. The van der Waals surface area contributed by atoms with E-state index in [1.807, 2.05) is 6.07 Å². The van der Waals surface area contributed by atoms with Crippen molar-refractivity contribution >= 4 is 5.91 Å². The number of nitrogens with two attached hydrogens (primary N) is 1. The molecule has 1 amide bonds. The lowest BCUT2D eigenvalue weighted by molar-refractivity contribution is -0.124. The third-order valence-corrected chi connectivity index (χ3v) is 3.00. The van der Waals surface area contributed by atoms with E-state index >= 15 is 0 Å². The van der Waals surface area contributed by atoms with Crippen LogP contribution >= 0.6 is 0 Å². The maximum absolute atomic E-state index is 11.1. The van der Waals surface area contributed by atoms with Gasteiger partial charge >= 0.3 is 0 Å². The highest BCUT2D eigenvalue weighted by Gasteiger charge is 2.20. The summed E-state index contributed by atoms with van der Waals surface area (Å²) in [5, 5.41) is 3.29. The molecular formula is C14H20N2O4. The molecule has 6 nitrogen and oxygen atoms in total. The number of rotatable bonds is 7. The fraction of sp³-hybridized carbons (Fsp3) is 0.500. The third kappa shape index (κ3) is 3.33. The van der Waals surface area contributed by atoms with Crippen LogP contribution in [0.1, 0.15) is 25.8 Å². The Hall–Kier alpha value is -1.95. The van der Waals surface area contributed by atoms with E-state index < -0.39 is 12.0 Å². The smallest absolute Gasteiger partial charge is 0.258 e. The van der Waals surface area contributed by atoms with E-state index in [-0.39, 0.29) is 6.79 Å². The first-order valence-electron chi connectivity index (χ1n) is 6.71. The van der Waals surface area contributed by atoms with Crippen LogP contribution in [0.3, 0.4) is 0 Å². The van der Waals surface area contributed by atoms with Gasteiger partial charge in [-0.25, -0.2) is 0 Å². The van der Waals surface area contributed by atoms with E-state index in [2.05, 4.69) is 12.2 Å². The second kappa shape index (κ2) is 6.47. The van der Waals surface area contributed by atoms with E-state index in [1.165, 1.54) is 0 Å². The molecule has 6 heteroatoms. The molecule has 0 radical (unpaired) electrons. The minimum absolute atomic E-state index is 0.200. The van der Waals surface area contributed by atoms with Gasteiger partial charge in [0.2, 0.25) is 6.79 Å². The maximum atomic E-state index is 11.1. The van der Waals surface area contributed by atoms with E-state index in [9.17, 15) is 4.79 Å². The highest BCUT2D eigenvalue weighted by molar-refractivity contribution is 5.78. The summed E-state index contributed by atoms with van der Waals surface area (Å²) in [5.74, 6) is 1.40. The lowest BCUT2D eigenvalue weighted by Crippen LogP contribution is -2.31. The van der Waals surface area contributed by atoms with Crippen LogP contribution in [-0.4, -0.2) is 25.3 Å². The molecule has 0 aromatic heterocycles. The predicted octanol–water partition coefficient (Wildman–Crippen LogP) is 1.17. The second-order valence-corrected chi connectivity index (χ2v) is 4.65. The Morgan fingerprint density at radius 2 is 2.15 bits per heavy atom. The number of ether oxygens (including phenoxy) is 3. The van der Waals surface area contributed by atoms with Crippen LogP contribution in [0.2, 0.25) is 0 Å². The van der Waals surface area contributed by atoms with Crippen LogP contribution in [0.15, 0.2) is 12.1 Å². The molecule has 0 saturated heterocycles. The standard InChI is InChI=1S/C14H20N2O4/c1-3-4-16-7-10-5-12-13(19-8-18-12)6-11(10)20-9(2)14(15)17/h5-6,9,16H,3-4,7-8H2,1-2H3,(H2,15,17). The van der Waals surface area contributed by atoms with Crippen molar-refractivity contribution < 1.29 is 19.0 Å². The van der Waals surface area contributed by atoms with Gasteiger partial charge in [-0.2, -0.15) is 0 Å². The number of primary amides is 1. The number of amides is 1. The van der Waals surface area contributed by atoms with Crippen molar-refractivity contribution in [3.05, 3.63) is 17.7 Å². The predicted molar refractivity (Wildman–Crippen MR) is 73.8 cm³/mol. The minimum Gasteiger partial charge on any atom is -0.480 e. The van der Waals surface area contributed by atoms with Crippen LogP contribution in [0.25, 0.3) is 0 Å². The van der Waals surface area contributed by atoms with Crippen LogP contribution < -0.4 is 25.3 Å². The normalized spacial score (nSPS) is 14.1.